The van der Waals surface area contributed by atoms with Crippen molar-refractivity contribution in [2.24, 2.45) is 5.16 Å². The average molecular weight is 877 g/mol. The number of carbonyl (C=O) groups excluding carboxylic acids is 5. The van der Waals surface area contributed by atoms with Crippen LogP contribution in [0.15, 0.2) is 77.1 Å². The van der Waals surface area contributed by atoms with Gasteiger partial charge in [-0.3, -0.25) is 24.0 Å². The zero-order valence-electron chi connectivity index (χ0n) is 32.9. The van der Waals surface area contributed by atoms with E-state index in [9.17, 15) is 28.2 Å². The van der Waals surface area contributed by atoms with Crippen molar-refractivity contribution in [1.29, 1.82) is 0 Å². The van der Waals surface area contributed by atoms with Crippen LogP contribution in [0.25, 0.3) is 0 Å². The van der Waals surface area contributed by atoms with E-state index >= 15 is 0 Å². The molecule has 1 fully saturated rings. The number of hydrogen-bond acceptors (Lipinski definition) is 13. The highest BCUT2D eigenvalue weighted by molar-refractivity contribution is 7.86. The molecule has 0 bridgehead atoms. The van der Waals surface area contributed by atoms with Crippen molar-refractivity contribution in [3.05, 3.63) is 93.1 Å². The maximum absolute atomic E-state index is 14.1. The van der Waals surface area contributed by atoms with Crippen molar-refractivity contribution in [2.45, 2.75) is 89.7 Å². The normalized spacial score (nSPS) is 18.5. The number of nitrogens with zero attached hydrogens (tertiary/aromatic N) is 3. The number of anilines is 1. The Bertz CT molecular complexity index is 2130. The van der Waals surface area contributed by atoms with E-state index in [4.69, 9.17) is 42.3 Å². The molecule has 1 saturated heterocycles. The fraction of sp³-hybridized carbons (Fsp3) is 0.410. The summed E-state index contributed by atoms with van der Waals surface area (Å²) < 4.78 is 30.3. The number of thiazole rings is 1. The van der Waals surface area contributed by atoms with Crippen LogP contribution in [0.4, 0.5) is 9.93 Å². The predicted molar refractivity (Wildman–Crippen MR) is 219 cm³/mol. The number of fused-ring (bicyclic) bond motifs is 1. The summed E-state index contributed by atoms with van der Waals surface area (Å²) in [5.41, 5.74) is -2.99. The van der Waals surface area contributed by atoms with E-state index in [1.807, 2.05) is 12.1 Å². The number of rotatable bonds is 12. The van der Waals surface area contributed by atoms with E-state index in [2.05, 4.69) is 20.8 Å². The third kappa shape index (κ3) is 10.4. The van der Waals surface area contributed by atoms with Crippen LogP contribution in [-0.2, 0) is 49.0 Å². The monoisotopic (exact) mass is 875 g/mol. The van der Waals surface area contributed by atoms with Gasteiger partial charge >= 0.3 is 18.0 Å². The number of amides is 3. The van der Waals surface area contributed by atoms with Gasteiger partial charge in [0.2, 0.25) is 5.60 Å². The van der Waals surface area contributed by atoms with Gasteiger partial charge in [-0.1, -0.05) is 88.8 Å². The molecule has 0 saturated carbocycles. The lowest BCUT2D eigenvalue weighted by atomic mass is 10.0. The Morgan fingerprint density at radius 2 is 1.52 bits per heavy atom. The van der Waals surface area contributed by atoms with Crippen LogP contribution in [0.3, 0.4) is 0 Å². The van der Waals surface area contributed by atoms with Gasteiger partial charge in [-0.15, -0.1) is 11.6 Å². The molecule has 1 aromatic heterocycles. The molecule has 3 amide bonds. The molecule has 0 spiro atoms. The summed E-state index contributed by atoms with van der Waals surface area (Å²) in [6, 6.07) is 16.6. The molecule has 3 aromatic rings. The second kappa shape index (κ2) is 17.6. The highest BCUT2D eigenvalue weighted by Gasteiger charge is 2.58. The quantitative estimate of drug-likeness (QED) is 0.0524. The average Bonchev–Trinajstić information content (AvgIpc) is 3.49. The van der Waals surface area contributed by atoms with Crippen LogP contribution in [-0.4, -0.2) is 89.5 Å². The van der Waals surface area contributed by atoms with Crippen LogP contribution in [0, 0.1) is 0 Å². The smallest absolute Gasteiger partial charge is 0.413 e. The predicted octanol–water partition coefficient (Wildman–Crippen LogP) is 6.23. The van der Waals surface area contributed by atoms with Crippen LogP contribution in [0.2, 0.25) is 4.34 Å². The topological polar surface area (TPSA) is 192 Å². The summed E-state index contributed by atoms with van der Waals surface area (Å²) in [7, 11) is -1.85. The van der Waals surface area contributed by atoms with Crippen molar-refractivity contribution in [1.82, 2.24) is 15.2 Å². The van der Waals surface area contributed by atoms with Gasteiger partial charge in [0, 0.05) is 5.88 Å². The van der Waals surface area contributed by atoms with E-state index in [0.717, 1.165) is 16.2 Å². The summed E-state index contributed by atoms with van der Waals surface area (Å²) in [5.74, 6) is -3.98. The lowest BCUT2D eigenvalue weighted by Crippen LogP contribution is -2.74. The molecule has 2 aromatic carbocycles. The molecule has 15 nitrogen and oxygen atoms in total. The minimum absolute atomic E-state index is 0.0772. The van der Waals surface area contributed by atoms with Gasteiger partial charge in [0.25, 0.3) is 11.8 Å². The molecule has 5 rings (SSSR count). The summed E-state index contributed by atoms with van der Waals surface area (Å²) in [6.07, 6.45) is -1.72. The highest BCUT2D eigenvalue weighted by Crippen LogP contribution is 2.38. The number of ether oxygens (including phenoxy) is 3. The number of esters is 2. The lowest BCUT2D eigenvalue weighted by molar-refractivity contribution is -0.179. The number of hydrogen-bond donors (Lipinski definition) is 2. The van der Waals surface area contributed by atoms with Crippen molar-refractivity contribution in [3.63, 3.8) is 0 Å². The number of halogens is 2. The van der Waals surface area contributed by atoms with Gasteiger partial charge < -0.3 is 24.4 Å². The third-order valence-electron chi connectivity index (χ3n) is 8.16. The number of aromatic nitrogens is 1. The lowest BCUT2D eigenvalue weighted by Gasteiger charge is -2.49. The van der Waals surface area contributed by atoms with Gasteiger partial charge in [-0.2, -0.15) is 0 Å². The fourth-order valence-electron chi connectivity index (χ4n) is 5.58. The van der Waals surface area contributed by atoms with E-state index < -0.39 is 80.7 Å². The van der Waals surface area contributed by atoms with Gasteiger partial charge in [0.1, 0.15) is 38.3 Å². The zero-order chi connectivity index (χ0) is 42.7. The Kier molecular flexibility index (Phi) is 13.4. The first kappa shape index (κ1) is 44.3. The van der Waals surface area contributed by atoms with Crippen molar-refractivity contribution >= 4 is 86.0 Å². The van der Waals surface area contributed by atoms with Crippen molar-refractivity contribution in [2.75, 3.05) is 16.9 Å². The molecule has 58 heavy (non-hydrogen) atoms. The third-order valence-corrected chi connectivity index (χ3v) is 11.3. The van der Waals surface area contributed by atoms with Crippen molar-refractivity contribution in [3.8, 4) is 0 Å². The molecule has 0 radical (unpaired) electrons. The van der Waals surface area contributed by atoms with Gasteiger partial charge in [0.15, 0.2) is 16.9 Å². The van der Waals surface area contributed by atoms with Gasteiger partial charge in [-0.25, -0.2) is 19.4 Å². The summed E-state index contributed by atoms with van der Waals surface area (Å²) in [4.78, 5) is 78.4. The van der Waals surface area contributed by atoms with Crippen molar-refractivity contribution < 1.29 is 47.2 Å². The Balaban J connectivity index is 1.44. The van der Waals surface area contributed by atoms with E-state index in [1.165, 1.54) is 13.8 Å². The van der Waals surface area contributed by atoms with Crippen LogP contribution in [0.5, 0.6) is 0 Å². The molecule has 0 aliphatic carbocycles. The van der Waals surface area contributed by atoms with Crippen LogP contribution in [0.1, 0.15) is 78.3 Å². The molecule has 2 N–H and O–H groups in total. The second-order valence-electron chi connectivity index (χ2n) is 15.6. The van der Waals surface area contributed by atoms with Gasteiger partial charge in [-0.05, 0) is 72.1 Å². The number of oxime groups is 1. The second-order valence-corrected chi connectivity index (χ2v) is 19.0. The maximum atomic E-state index is 14.1. The minimum atomic E-state index is -1.85. The first-order valence-electron chi connectivity index (χ1n) is 17.9. The number of alkyl halides is 1. The first-order valence-corrected chi connectivity index (χ1v) is 21.0. The molecule has 2 aliphatic rings. The van der Waals surface area contributed by atoms with Gasteiger partial charge in [0.05, 0.1) is 16.6 Å². The van der Waals surface area contributed by atoms with Crippen LogP contribution < -0.4 is 10.6 Å². The highest BCUT2D eigenvalue weighted by atomic mass is 35.5. The standard InChI is InChI=1S/C39H43Cl2N5O10S2/c1-37(2,3)54-34(50)39(7,8)56-45-25(24-29(41)57-35(43-24)44-36(51)55-38(4,5)6)30(47)42-26-31(48)46-27(23(19-40)20-58(52)32(26)46)33(49)53-28(21-15-11-9-12-16-21)22-17-13-10-14-18-22/h9-18,26,28,32H,19-20H2,1-8H3,(H,42,47)(H,43,44,51)/b45-25-. The Morgan fingerprint density at radius 1 is 0.948 bits per heavy atom. The molecule has 3 heterocycles. The van der Waals surface area contributed by atoms with E-state index in [-0.39, 0.29) is 38.1 Å². The maximum Gasteiger partial charge on any atom is 0.413 e. The Morgan fingerprint density at radius 3 is 2.05 bits per heavy atom. The Hall–Kier alpha value is -4.84. The molecular weight excluding hydrogens is 833 g/mol. The minimum Gasteiger partial charge on any atom is -0.457 e. The summed E-state index contributed by atoms with van der Waals surface area (Å²) >= 11 is 13.5. The number of carbonyl (C=O) groups is 5. The number of benzene rings is 2. The zero-order valence-corrected chi connectivity index (χ0v) is 36.1. The summed E-state index contributed by atoms with van der Waals surface area (Å²) in [6.45, 7) is 12.7. The van der Waals surface area contributed by atoms with E-state index in [0.29, 0.717) is 11.1 Å². The Labute approximate surface area is 351 Å². The molecule has 2 aliphatic heterocycles. The molecular formula is C39H43Cl2N5O10S2. The van der Waals surface area contributed by atoms with Crippen LogP contribution >= 0.6 is 34.5 Å². The first-order chi connectivity index (χ1) is 27.1. The molecule has 19 heteroatoms. The molecule has 310 valence electrons. The molecule has 3 unspecified atom stereocenters. The SMILES string of the molecule is CC(C)(C)OC(=O)Nc1nc(/C(=N/OC(C)(C)C(=O)OC(C)(C)C)C(=O)NC2C(=O)N3C(C(=O)OC(c4ccccc4)c4ccccc4)=C(CCl)CS(=O)C23)c(Cl)s1. The number of nitrogens with one attached hydrogen (secondary N) is 2. The van der Waals surface area contributed by atoms with E-state index in [1.54, 1.807) is 90.1 Å². The molecule has 3 atom stereocenters. The largest absolute Gasteiger partial charge is 0.457 e. The summed E-state index contributed by atoms with van der Waals surface area (Å²) in [5, 5.41) is 7.64. The fourth-order valence-corrected chi connectivity index (χ4v) is 8.63. The number of β-lactam (4-membered cyclic amide) rings is 1.